The number of hydrogen-bond donors (Lipinski definition) is 0. The summed E-state index contributed by atoms with van der Waals surface area (Å²) < 4.78 is 6.40. The summed E-state index contributed by atoms with van der Waals surface area (Å²) in [5.74, 6) is 1.05. The molecular weight excluding hydrogens is 304 g/mol. The first kappa shape index (κ1) is 26.0. The number of ether oxygens (including phenoxy) is 1. The van der Waals surface area contributed by atoms with Crippen LogP contribution in [-0.2, 0) is 4.74 Å². The Morgan fingerprint density at radius 1 is 0.680 bits per heavy atom. The molecule has 146 valence electrons. The van der Waals surface area contributed by atoms with Gasteiger partial charge in [-0.15, -0.1) is 0 Å². The molecule has 1 heteroatoms. The zero-order valence-corrected chi connectivity index (χ0v) is 19.3. The summed E-state index contributed by atoms with van der Waals surface area (Å²) in [5.41, 5.74) is 2.49. The van der Waals surface area contributed by atoms with Crippen LogP contribution < -0.4 is 0 Å². The van der Waals surface area contributed by atoms with Crippen molar-refractivity contribution >= 4 is 5.76 Å². The topological polar surface area (TPSA) is 9.23 Å². The Morgan fingerprint density at radius 3 is 1.48 bits per heavy atom. The van der Waals surface area contributed by atoms with Crippen LogP contribution in [0, 0.1) is 10.8 Å². The van der Waals surface area contributed by atoms with Gasteiger partial charge in [-0.3, -0.25) is 0 Å². The summed E-state index contributed by atoms with van der Waals surface area (Å²) in [4.78, 5) is 0. The first-order valence-electron chi connectivity index (χ1n) is 10.1. The van der Waals surface area contributed by atoms with Crippen molar-refractivity contribution in [3.05, 3.63) is 41.5 Å². The normalized spacial score (nSPS) is 18.9. The van der Waals surface area contributed by atoms with Crippen molar-refractivity contribution in [1.29, 1.82) is 0 Å². The van der Waals surface area contributed by atoms with Crippen molar-refractivity contribution < 1.29 is 4.74 Å². The molecule has 1 aliphatic heterocycles. The zero-order valence-electron chi connectivity index (χ0n) is 19.3. The van der Waals surface area contributed by atoms with Crippen LogP contribution in [0.1, 0.15) is 95.6 Å². The summed E-state index contributed by atoms with van der Waals surface area (Å²) in [6.07, 6.45) is 0. The summed E-state index contributed by atoms with van der Waals surface area (Å²) in [7, 11) is 0. The van der Waals surface area contributed by atoms with Gasteiger partial charge in [0, 0.05) is 11.0 Å². The van der Waals surface area contributed by atoms with E-state index in [9.17, 15) is 0 Å². The van der Waals surface area contributed by atoms with Gasteiger partial charge in [0.2, 0.25) is 0 Å². The third-order valence-electron chi connectivity index (χ3n) is 5.74. The van der Waals surface area contributed by atoms with Crippen molar-refractivity contribution in [2.24, 2.45) is 10.8 Å². The van der Waals surface area contributed by atoms with Gasteiger partial charge in [0.05, 0.1) is 0 Å². The fraction of sp³-hybridized carbons (Fsp3) is 0.667. The maximum atomic E-state index is 6.40. The van der Waals surface area contributed by atoms with Crippen LogP contribution in [0.15, 0.2) is 35.9 Å². The average molecular weight is 349 g/mol. The fourth-order valence-corrected chi connectivity index (χ4v) is 2.83. The molecule has 0 bridgehead atoms. The van der Waals surface area contributed by atoms with Crippen LogP contribution in [-0.4, -0.2) is 5.60 Å². The van der Waals surface area contributed by atoms with Crippen LogP contribution in [0.25, 0.3) is 5.76 Å². The highest BCUT2D eigenvalue weighted by molar-refractivity contribution is 5.65. The minimum Gasteiger partial charge on any atom is -0.487 e. The third kappa shape index (κ3) is 5.12. The molecule has 2 rings (SSSR count). The van der Waals surface area contributed by atoms with Crippen LogP contribution in [0.5, 0.6) is 0 Å². The molecule has 0 saturated heterocycles. The smallest absolute Gasteiger partial charge is 0.126 e. The van der Waals surface area contributed by atoms with E-state index in [0.717, 1.165) is 5.76 Å². The molecule has 0 radical (unpaired) electrons. The van der Waals surface area contributed by atoms with Crippen LogP contribution in [0.2, 0.25) is 0 Å². The number of hydrogen-bond acceptors (Lipinski definition) is 1. The van der Waals surface area contributed by atoms with E-state index in [1.165, 1.54) is 11.1 Å². The lowest BCUT2D eigenvalue weighted by Gasteiger charge is -2.56. The van der Waals surface area contributed by atoms with Gasteiger partial charge in [-0.25, -0.2) is 0 Å². The van der Waals surface area contributed by atoms with Gasteiger partial charge >= 0.3 is 0 Å². The van der Waals surface area contributed by atoms with Crippen molar-refractivity contribution in [2.75, 3.05) is 0 Å². The van der Waals surface area contributed by atoms with Gasteiger partial charge in [0.1, 0.15) is 11.4 Å². The number of benzene rings is 1. The van der Waals surface area contributed by atoms with Gasteiger partial charge in [-0.1, -0.05) is 99.6 Å². The maximum absolute atomic E-state index is 6.40. The molecule has 25 heavy (non-hydrogen) atoms. The predicted molar refractivity (Wildman–Crippen MR) is 116 cm³/mol. The molecule has 1 aliphatic rings. The molecule has 0 saturated carbocycles. The second kappa shape index (κ2) is 10.7. The van der Waals surface area contributed by atoms with E-state index in [1.54, 1.807) is 0 Å². The van der Waals surface area contributed by atoms with Gasteiger partial charge in [0.25, 0.3) is 0 Å². The molecule has 0 aromatic heterocycles. The van der Waals surface area contributed by atoms with Crippen molar-refractivity contribution in [1.82, 2.24) is 0 Å². The minimum atomic E-state index is -0.193. The van der Waals surface area contributed by atoms with Crippen molar-refractivity contribution in [2.45, 2.75) is 95.6 Å². The first-order chi connectivity index (χ1) is 11.6. The van der Waals surface area contributed by atoms with Crippen molar-refractivity contribution in [3.8, 4) is 0 Å². The Bertz CT molecular complexity index is 504. The second-order valence-electron chi connectivity index (χ2n) is 7.18. The van der Waals surface area contributed by atoms with Crippen LogP contribution in [0.4, 0.5) is 0 Å². The molecule has 0 N–H and O–H groups in total. The first-order valence-corrected chi connectivity index (χ1v) is 10.1. The lowest BCUT2D eigenvalue weighted by Crippen LogP contribution is -2.54. The van der Waals surface area contributed by atoms with E-state index in [-0.39, 0.29) is 16.4 Å². The third-order valence-corrected chi connectivity index (χ3v) is 5.74. The fourth-order valence-electron chi connectivity index (χ4n) is 2.83. The van der Waals surface area contributed by atoms with Gasteiger partial charge in [0.15, 0.2) is 0 Å². The van der Waals surface area contributed by atoms with Crippen LogP contribution in [0.3, 0.4) is 0 Å². The Morgan fingerprint density at radius 2 is 1.08 bits per heavy atom. The molecule has 0 unspecified atom stereocenters. The Balaban J connectivity index is 0. The van der Waals surface area contributed by atoms with E-state index in [1.807, 2.05) is 47.6 Å². The molecule has 0 aliphatic carbocycles. The standard InChI is InChI=1S/C18H26O.3C2H6/c1-13-15(14-11-9-8-10-12-14)19-18(6,7)17(4,5)16(13,2)3;3*1-2/h8-12H,1-7H3;3*1-2H3. The van der Waals surface area contributed by atoms with E-state index < -0.39 is 0 Å². The molecule has 1 aromatic carbocycles. The predicted octanol–water partition coefficient (Wildman–Crippen LogP) is 8.36. The lowest BCUT2D eigenvalue weighted by atomic mass is 9.55. The highest BCUT2D eigenvalue weighted by atomic mass is 16.5. The Kier molecular flexibility index (Phi) is 11.1. The van der Waals surface area contributed by atoms with Gasteiger partial charge in [-0.05, 0) is 31.8 Å². The molecule has 1 aromatic rings. The zero-order chi connectivity index (χ0) is 20.5. The molecule has 1 heterocycles. The number of rotatable bonds is 1. The lowest BCUT2D eigenvalue weighted by molar-refractivity contribution is -0.105. The summed E-state index contributed by atoms with van der Waals surface area (Å²) >= 11 is 0. The van der Waals surface area contributed by atoms with Gasteiger partial charge < -0.3 is 4.74 Å². The van der Waals surface area contributed by atoms with Crippen molar-refractivity contribution in [3.63, 3.8) is 0 Å². The van der Waals surface area contributed by atoms with E-state index in [4.69, 9.17) is 4.74 Å². The van der Waals surface area contributed by atoms with E-state index in [0.29, 0.717) is 0 Å². The van der Waals surface area contributed by atoms with E-state index >= 15 is 0 Å². The highest BCUT2D eigenvalue weighted by Gasteiger charge is 2.54. The quantitative estimate of drug-likeness (QED) is 0.495. The molecule has 0 atom stereocenters. The van der Waals surface area contributed by atoms with Crippen LogP contribution >= 0.6 is 0 Å². The maximum Gasteiger partial charge on any atom is 0.126 e. The van der Waals surface area contributed by atoms with Gasteiger partial charge in [-0.2, -0.15) is 0 Å². The molecule has 0 fully saturated rings. The molecular formula is C24H44O. The highest BCUT2D eigenvalue weighted by Crippen LogP contribution is 2.58. The summed E-state index contributed by atoms with van der Waals surface area (Å²) in [5, 5.41) is 0. The summed E-state index contributed by atoms with van der Waals surface area (Å²) in [6.45, 7) is 27.9. The Labute approximate surface area is 158 Å². The minimum absolute atomic E-state index is 0.0718. The largest absolute Gasteiger partial charge is 0.487 e. The second-order valence-corrected chi connectivity index (χ2v) is 7.18. The SMILES string of the molecule is CC.CC.CC.CC1=C(c2ccccc2)OC(C)(C)C(C)(C)C1(C)C. The molecule has 0 amide bonds. The molecule has 0 spiro atoms. The Hall–Kier alpha value is -1.24. The number of allylic oxidation sites excluding steroid dienone is 1. The monoisotopic (exact) mass is 348 g/mol. The van der Waals surface area contributed by atoms with E-state index in [2.05, 4.69) is 72.7 Å². The molecule has 1 nitrogen and oxygen atoms in total. The summed E-state index contributed by atoms with van der Waals surface area (Å²) in [6, 6.07) is 10.4. The average Bonchev–Trinajstić information content (AvgIpc) is 2.63.